The summed E-state index contributed by atoms with van der Waals surface area (Å²) in [7, 11) is 0. The van der Waals surface area contributed by atoms with Gasteiger partial charge in [-0.15, -0.1) is 0 Å². The summed E-state index contributed by atoms with van der Waals surface area (Å²) in [4.78, 5) is 3.76. The molecule has 0 fully saturated rings. The summed E-state index contributed by atoms with van der Waals surface area (Å²) in [6.45, 7) is 0. The van der Waals surface area contributed by atoms with Crippen LogP contribution in [0.1, 0.15) is 0 Å². The van der Waals surface area contributed by atoms with Crippen LogP contribution < -0.4 is 0 Å². The Balaban J connectivity index is 3.13. The lowest BCUT2D eigenvalue weighted by molar-refractivity contribution is 1.14. The molecule has 0 N–H and O–H groups in total. The van der Waals surface area contributed by atoms with Crippen molar-refractivity contribution in [3.05, 3.63) is 23.4 Å². The lowest BCUT2D eigenvalue weighted by Gasteiger charge is -1.87. The van der Waals surface area contributed by atoms with Gasteiger partial charge in [-0.1, -0.05) is 24.2 Å². The third-order valence-electron chi connectivity index (χ3n) is 0.725. The van der Waals surface area contributed by atoms with Crippen molar-refractivity contribution in [2.45, 2.75) is 5.03 Å². The van der Waals surface area contributed by atoms with E-state index in [0.717, 1.165) is 0 Å². The topological polar surface area (TPSA) is 12.9 Å². The molecule has 0 amide bonds. The zero-order chi connectivity index (χ0) is 5.98. The minimum atomic E-state index is 0.467. The Morgan fingerprint density at radius 1 is 1.62 bits per heavy atom. The van der Waals surface area contributed by atoms with Gasteiger partial charge < -0.3 is 0 Å². The van der Waals surface area contributed by atoms with Crippen molar-refractivity contribution in [3.8, 4) is 0 Å². The summed E-state index contributed by atoms with van der Waals surface area (Å²) in [5.74, 6) is 0. The number of aromatic nitrogens is 1. The Bertz CT molecular complexity index is 169. The first kappa shape index (κ1) is 5.79. The Morgan fingerprint density at radius 2 is 2.38 bits per heavy atom. The normalized spacial score (nSPS) is 9.12. The van der Waals surface area contributed by atoms with Crippen molar-refractivity contribution in [2.24, 2.45) is 0 Å². The highest BCUT2D eigenvalue weighted by molar-refractivity contribution is 7.80. The van der Waals surface area contributed by atoms with Crippen LogP contribution in [-0.4, -0.2) is 4.98 Å². The molecule has 8 heavy (non-hydrogen) atoms. The van der Waals surface area contributed by atoms with Crippen molar-refractivity contribution in [3.63, 3.8) is 0 Å². The predicted octanol–water partition coefficient (Wildman–Crippen LogP) is 2.29. The van der Waals surface area contributed by atoms with Crippen molar-refractivity contribution < 1.29 is 0 Å². The Morgan fingerprint density at radius 3 is 2.75 bits per heavy atom. The van der Waals surface area contributed by atoms with Crippen LogP contribution in [0.5, 0.6) is 0 Å². The molecule has 1 heterocycles. The second-order valence-electron chi connectivity index (χ2n) is 1.29. The van der Waals surface area contributed by atoms with E-state index in [4.69, 9.17) is 24.2 Å². The van der Waals surface area contributed by atoms with Gasteiger partial charge in [-0.25, -0.2) is 4.98 Å². The molecule has 3 heteroatoms. The summed E-state index contributed by atoms with van der Waals surface area (Å²) >= 11 is 10.3. The lowest BCUT2D eigenvalue weighted by atomic mass is 10.5. The van der Waals surface area contributed by atoms with E-state index in [1.165, 1.54) is 0 Å². The van der Waals surface area contributed by atoms with Gasteiger partial charge in [0.15, 0.2) is 0 Å². The van der Waals surface area contributed by atoms with Gasteiger partial charge in [0.25, 0.3) is 0 Å². The zero-order valence-corrected chi connectivity index (χ0v) is 5.54. The number of nitrogens with zero attached hydrogens (tertiary/aromatic N) is 1. The molecule has 0 saturated carbocycles. The molecule has 41 valence electrons. The minimum absolute atomic E-state index is 0.467. The van der Waals surface area contributed by atoms with E-state index in [1.807, 2.05) is 0 Å². The van der Waals surface area contributed by atoms with Crippen LogP contribution in [0.2, 0.25) is 5.02 Å². The average Bonchev–Trinajstić information content (AvgIpc) is 1.77. The average molecular weight is 145 g/mol. The Kier molecular flexibility index (Phi) is 1.65. The minimum Gasteiger partial charge on any atom is -0.244 e. The Hall–Kier alpha value is -0.340. The molecular weight excluding hydrogens is 142 g/mol. The standard InChI is InChI=1S/C5H3ClNS/c6-4-2-1-3-7-5(4)8/h1-3H. The van der Waals surface area contributed by atoms with E-state index >= 15 is 0 Å². The van der Waals surface area contributed by atoms with Crippen molar-refractivity contribution in [1.82, 2.24) is 4.98 Å². The molecule has 1 aromatic rings. The summed E-state index contributed by atoms with van der Waals surface area (Å²) in [6.07, 6.45) is 1.62. The van der Waals surface area contributed by atoms with E-state index in [2.05, 4.69) is 4.98 Å². The highest BCUT2D eigenvalue weighted by Crippen LogP contribution is 2.14. The van der Waals surface area contributed by atoms with Gasteiger partial charge in [0.2, 0.25) is 0 Å². The van der Waals surface area contributed by atoms with Crippen LogP contribution in [0.15, 0.2) is 23.4 Å². The summed E-state index contributed by atoms with van der Waals surface area (Å²) in [5, 5.41) is 1.01. The molecule has 0 aliphatic carbocycles. The highest BCUT2D eigenvalue weighted by Gasteiger charge is 1.91. The SMILES string of the molecule is [S]c1ncccc1Cl. The third-order valence-corrected chi connectivity index (χ3v) is 1.47. The monoisotopic (exact) mass is 144 g/mol. The molecule has 0 unspecified atom stereocenters. The highest BCUT2D eigenvalue weighted by atomic mass is 35.5. The van der Waals surface area contributed by atoms with E-state index < -0.39 is 0 Å². The smallest absolute Gasteiger partial charge is 0.144 e. The van der Waals surface area contributed by atoms with Crippen LogP contribution in [0.25, 0.3) is 0 Å². The molecule has 0 spiro atoms. The van der Waals surface area contributed by atoms with Crippen molar-refractivity contribution >= 4 is 24.2 Å². The number of pyridine rings is 1. The van der Waals surface area contributed by atoms with Crippen LogP contribution in [-0.2, 0) is 0 Å². The quantitative estimate of drug-likeness (QED) is 0.545. The number of halogens is 1. The predicted molar refractivity (Wildman–Crippen MR) is 35.1 cm³/mol. The van der Waals surface area contributed by atoms with Gasteiger partial charge >= 0.3 is 0 Å². The lowest BCUT2D eigenvalue weighted by Crippen LogP contribution is -1.72. The maximum atomic E-state index is 5.54. The number of hydrogen-bond donors (Lipinski definition) is 0. The maximum Gasteiger partial charge on any atom is 0.144 e. The fourth-order valence-electron chi connectivity index (χ4n) is 0.371. The van der Waals surface area contributed by atoms with E-state index in [-0.39, 0.29) is 0 Å². The number of hydrogen-bond acceptors (Lipinski definition) is 1. The molecule has 1 nitrogen and oxygen atoms in total. The molecule has 0 aromatic carbocycles. The summed E-state index contributed by atoms with van der Waals surface area (Å²) in [6, 6.07) is 3.47. The fourth-order valence-corrected chi connectivity index (χ4v) is 0.622. The fraction of sp³-hybridized carbons (Fsp3) is 0. The second kappa shape index (κ2) is 2.29. The largest absolute Gasteiger partial charge is 0.244 e. The first-order chi connectivity index (χ1) is 3.80. The first-order valence-corrected chi connectivity index (χ1v) is 2.87. The summed E-state index contributed by atoms with van der Waals surface area (Å²) < 4.78 is 0. The molecular formula is C5H3ClNS. The van der Waals surface area contributed by atoms with Gasteiger partial charge in [-0.3, -0.25) is 0 Å². The van der Waals surface area contributed by atoms with Crippen LogP contribution in [0.3, 0.4) is 0 Å². The summed E-state index contributed by atoms with van der Waals surface area (Å²) in [5.41, 5.74) is 0. The molecule has 1 aromatic heterocycles. The second-order valence-corrected chi connectivity index (χ2v) is 2.08. The molecule has 0 atom stereocenters. The van der Waals surface area contributed by atoms with Gasteiger partial charge in [-0.2, -0.15) is 0 Å². The van der Waals surface area contributed by atoms with Crippen LogP contribution in [0, 0.1) is 0 Å². The third kappa shape index (κ3) is 1.08. The van der Waals surface area contributed by atoms with Gasteiger partial charge in [-0.05, 0) is 12.1 Å². The van der Waals surface area contributed by atoms with Gasteiger partial charge in [0.05, 0.1) is 5.02 Å². The van der Waals surface area contributed by atoms with Crippen LogP contribution in [0.4, 0.5) is 0 Å². The molecule has 0 bridgehead atoms. The molecule has 0 aliphatic heterocycles. The van der Waals surface area contributed by atoms with E-state index in [1.54, 1.807) is 18.3 Å². The molecule has 1 radical (unpaired) electrons. The van der Waals surface area contributed by atoms with Crippen molar-refractivity contribution in [1.29, 1.82) is 0 Å². The van der Waals surface area contributed by atoms with Gasteiger partial charge in [0, 0.05) is 6.20 Å². The van der Waals surface area contributed by atoms with Crippen LogP contribution >= 0.6 is 24.2 Å². The molecule has 0 saturated heterocycles. The van der Waals surface area contributed by atoms with E-state index in [0.29, 0.717) is 10.0 Å². The Labute approximate surface area is 58.1 Å². The van der Waals surface area contributed by atoms with Crippen molar-refractivity contribution in [2.75, 3.05) is 0 Å². The first-order valence-electron chi connectivity index (χ1n) is 2.08. The zero-order valence-electron chi connectivity index (χ0n) is 3.97. The van der Waals surface area contributed by atoms with Gasteiger partial charge in [0.1, 0.15) is 5.03 Å². The maximum absolute atomic E-state index is 5.54. The molecule has 1 rings (SSSR count). The molecule has 0 aliphatic rings. The van der Waals surface area contributed by atoms with E-state index in [9.17, 15) is 0 Å². The number of rotatable bonds is 0.